The van der Waals surface area contributed by atoms with Crippen LogP contribution in [0, 0.1) is 6.85 Å². The van der Waals surface area contributed by atoms with Crippen LogP contribution in [-0.4, -0.2) is 11.7 Å². The van der Waals surface area contributed by atoms with E-state index in [1.807, 2.05) is 18.2 Å². The lowest BCUT2D eigenvalue weighted by Crippen LogP contribution is -2.33. The third-order valence-electron chi connectivity index (χ3n) is 17.1. The van der Waals surface area contributed by atoms with E-state index in [1.54, 1.807) is 12.3 Å². The van der Waals surface area contributed by atoms with E-state index in [4.69, 9.17) is 13.8 Å². The molecule has 410 valence electrons. The molecule has 0 fully saturated rings. The van der Waals surface area contributed by atoms with Gasteiger partial charge >= 0.3 is 0 Å². The number of anilines is 6. The maximum atomic E-state index is 8.76. The molecule has 0 unspecified atom stereocenters. The summed E-state index contributed by atoms with van der Waals surface area (Å²) in [6.45, 7) is 20.9. The van der Waals surface area contributed by atoms with Crippen LogP contribution < -0.4 is 19.9 Å². The lowest BCUT2D eigenvalue weighted by molar-refractivity contribution is 0.332. The second-order valence-electron chi connectivity index (χ2n) is 25.9. The average Bonchev–Trinajstić information content (AvgIpc) is 2.37. The highest BCUT2D eigenvalue weighted by Crippen LogP contribution is 2.52. The van der Waals surface area contributed by atoms with Gasteiger partial charge in [-0.25, -0.2) is 4.98 Å². The van der Waals surface area contributed by atoms with Gasteiger partial charge in [0.2, 0.25) is 0 Å². The van der Waals surface area contributed by atoms with E-state index in [2.05, 4.69) is 272 Å². The third kappa shape index (κ3) is 10.6. The van der Waals surface area contributed by atoms with Gasteiger partial charge in [0.15, 0.2) is 0 Å². The number of nitrogens with one attached hydrogen (secondary N) is 1. The van der Waals surface area contributed by atoms with Gasteiger partial charge in [-0.05, 0) is 157 Å². The van der Waals surface area contributed by atoms with Crippen LogP contribution in [0.5, 0.6) is 11.5 Å². The predicted octanol–water partition coefficient (Wildman–Crippen LogP) is 21.5. The molecule has 0 saturated carbocycles. The van der Waals surface area contributed by atoms with Crippen molar-refractivity contribution in [3.63, 3.8) is 0 Å². The van der Waals surface area contributed by atoms with E-state index in [9.17, 15) is 0 Å². The number of rotatable bonds is 11. The summed E-state index contributed by atoms with van der Waals surface area (Å²) in [5, 5.41) is 3.59. The molecule has 1 aliphatic carbocycles. The fraction of sp³-hybridized carbons (Fsp3) is 0.234. The number of benzene rings is 9. The van der Waals surface area contributed by atoms with Crippen molar-refractivity contribution in [3.05, 3.63) is 246 Å². The van der Waals surface area contributed by atoms with Gasteiger partial charge in [-0.2, -0.15) is 0 Å². The van der Waals surface area contributed by atoms with E-state index < -0.39 is 6.85 Å². The molecule has 9 aromatic carbocycles. The summed E-state index contributed by atoms with van der Waals surface area (Å²) in [7, 11) is 0. The Morgan fingerprint density at radius 1 is 0.463 bits per heavy atom. The second-order valence-corrected chi connectivity index (χ2v) is 25.9. The van der Waals surface area contributed by atoms with Gasteiger partial charge in [0, 0.05) is 50.0 Å². The van der Waals surface area contributed by atoms with E-state index >= 15 is 0 Å². The molecule has 0 amide bonds. The molecule has 5 heteroatoms. The summed E-state index contributed by atoms with van der Waals surface area (Å²) < 4.78 is 33.0. The fourth-order valence-corrected chi connectivity index (χ4v) is 12.1. The van der Waals surface area contributed by atoms with Gasteiger partial charge in [-0.15, -0.1) is 0 Å². The van der Waals surface area contributed by atoms with Crippen LogP contribution in [-0.2, 0) is 21.7 Å². The number of hydrogen-bond acceptors (Lipinski definition) is 5. The van der Waals surface area contributed by atoms with Gasteiger partial charge in [0.25, 0.3) is 0 Å². The minimum atomic E-state index is -2.38. The quantitative estimate of drug-likeness (QED) is 0.140. The summed E-state index contributed by atoms with van der Waals surface area (Å²) in [5.74, 6) is 1.89. The minimum Gasteiger partial charge on any atom is -0.457 e. The Bertz CT molecular complexity index is 4110. The molecule has 10 aromatic rings. The maximum Gasteiger partial charge on any atom is 0.130 e. The zero-order valence-electron chi connectivity index (χ0n) is 52.2. The van der Waals surface area contributed by atoms with E-state index in [1.165, 1.54) is 33.4 Å². The van der Waals surface area contributed by atoms with Crippen LogP contribution in [0.4, 0.5) is 34.3 Å². The molecular weight excluding hydrogens is 997 g/mol. The number of para-hydroxylation sites is 3. The zero-order valence-corrected chi connectivity index (χ0v) is 49.2. The van der Waals surface area contributed by atoms with Crippen LogP contribution in [0.1, 0.15) is 114 Å². The van der Waals surface area contributed by atoms with Crippen molar-refractivity contribution in [2.45, 2.75) is 111 Å². The number of hydrogen-bond donors (Lipinski definition) is 1. The van der Waals surface area contributed by atoms with Crippen LogP contribution in [0.3, 0.4) is 0 Å². The van der Waals surface area contributed by atoms with Crippen LogP contribution in [0.25, 0.3) is 55.6 Å². The molecular formula is C77H76N4O. The number of nitrogens with zero attached hydrogens (tertiary/aromatic N) is 3. The summed E-state index contributed by atoms with van der Waals surface area (Å²) in [6, 6.07) is 75.2. The fourth-order valence-electron chi connectivity index (χ4n) is 12.1. The van der Waals surface area contributed by atoms with Crippen molar-refractivity contribution in [2.24, 2.45) is 0 Å². The third-order valence-corrected chi connectivity index (χ3v) is 17.1. The largest absolute Gasteiger partial charge is 0.457 e. The zero-order chi connectivity index (χ0) is 59.6. The Morgan fingerprint density at radius 3 is 1.77 bits per heavy atom. The number of pyridine rings is 1. The smallest absolute Gasteiger partial charge is 0.130 e. The molecule has 0 radical (unpaired) electrons. The molecule has 1 N–H and O–H groups in total. The second kappa shape index (κ2) is 21.0. The Kier molecular flexibility index (Phi) is 12.9. The van der Waals surface area contributed by atoms with Gasteiger partial charge in [-0.3, -0.25) is 0 Å². The van der Waals surface area contributed by atoms with E-state index in [0.29, 0.717) is 23.8 Å². The molecule has 82 heavy (non-hydrogen) atoms. The number of fused-ring (bicyclic) bond motifs is 2. The van der Waals surface area contributed by atoms with E-state index in [0.717, 1.165) is 86.0 Å². The van der Waals surface area contributed by atoms with Crippen molar-refractivity contribution in [1.82, 2.24) is 4.98 Å². The molecule has 2 aliphatic rings. The van der Waals surface area contributed by atoms with Gasteiger partial charge in [-0.1, -0.05) is 221 Å². The topological polar surface area (TPSA) is 40.6 Å². The average molecular weight is 1080 g/mol. The highest BCUT2D eigenvalue weighted by Gasteiger charge is 2.37. The van der Waals surface area contributed by atoms with Crippen LogP contribution in [0.2, 0.25) is 0 Å². The predicted molar refractivity (Wildman–Crippen MR) is 347 cm³/mol. The SMILES string of the molecule is [2H]C([2H])([2H])c1cc(Nc2cc(C(C)(C)C)ccc2-c2ccc(Oc3cccc(N4CN(c5c(-c6ccccc6)cccc5-c5cc(-c6ccccc6)cc(C(C)(C)C)c5)c5ccccc54)c3)cc2)ncc1-c1ccc2c(c1)C(C)(C)CCC2(C)C. The molecule has 1 aromatic heterocycles. The summed E-state index contributed by atoms with van der Waals surface area (Å²) in [5.41, 5.74) is 20.8. The first-order valence-corrected chi connectivity index (χ1v) is 29.0. The van der Waals surface area contributed by atoms with Crippen molar-refractivity contribution < 1.29 is 8.85 Å². The first-order valence-electron chi connectivity index (χ1n) is 30.5. The normalized spacial score (nSPS) is 15.2. The van der Waals surface area contributed by atoms with E-state index in [-0.39, 0.29) is 27.2 Å². The first kappa shape index (κ1) is 50.3. The molecule has 2 heterocycles. The lowest BCUT2D eigenvalue weighted by atomic mass is 9.63. The summed E-state index contributed by atoms with van der Waals surface area (Å²) in [6.07, 6.45) is 3.91. The Balaban J connectivity index is 0.847. The monoisotopic (exact) mass is 1080 g/mol. The summed E-state index contributed by atoms with van der Waals surface area (Å²) in [4.78, 5) is 9.79. The van der Waals surface area contributed by atoms with Crippen molar-refractivity contribution in [1.29, 1.82) is 0 Å². The number of ether oxygens (including phenoxy) is 1. The van der Waals surface area contributed by atoms with Crippen molar-refractivity contribution in [2.75, 3.05) is 21.8 Å². The van der Waals surface area contributed by atoms with Crippen LogP contribution in [0.15, 0.2) is 219 Å². The molecule has 0 bridgehead atoms. The Morgan fingerprint density at radius 2 is 1.07 bits per heavy atom. The molecule has 1 aliphatic heterocycles. The molecule has 12 rings (SSSR count). The number of aromatic nitrogens is 1. The Labute approximate surface area is 491 Å². The standard InChI is InChI=1S/C77H76N4O/c1-51-42-72(78-49-66(51)55-34-39-67-68(46-55)77(10,11)41-40-76(67,8)9)79-69-47-58(74(2,3)4)35-38-63(69)54-32-36-61(37-33-54)82-62-27-20-26-60(48-62)80-50-81(71-31-19-18-30-70(71)80)73-64(53-24-16-13-17-25-53)28-21-29-65(73)57-43-56(52-22-14-12-15-23-52)44-59(45-57)75(5,6)7/h12-39,42-49H,40-41,50H2,1-11H3,(H,78,79)/i1D3. The molecule has 0 spiro atoms. The van der Waals surface area contributed by atoms with Crippen LogP contribution >= 0.6 is 0 Å². The highest BCUT2D eigenvalue weighted by atomic mass is 16.5. The van der Waals surface area contributed by atoms with Gasteiger partial charge in [0.05, 0.1) is 17.1 Å². The number of aryl methyl sites for hydroxylation is 1. The molecule has 0 atom stereocenters. The maximum absolute atomic E-state index is 8.76. The first-order chi connectivity index (χ1) is 40.5. The molecule has 5 nitrogen and oxygen atoms in total. The van der Waals surface area contributed by atoms with Crippen molar-refractivity contribution in [3.8, 4) is 67.1 Å². The Hall–Kier alpha value is -8.67. The minimum absolute atomic E-state index is 0.0244. The molecule has 0 saturated heterocycles. The lowest BCUT2D eigenvalue weighted by Gasteiger charge is -2.42. The van der Waals surface area contributed by atoms with Crippen molar-refractivity contribution >= 4 is 34.3 Å². The summed E-state index contributed by atoms with van der Waals surface area (Å²) >= 11 is 0. The van der Waals surface area contributed by atoms with Gasteiger partial charge < -0.3 is 19.9 Å². The highest BCUT2D eigenvalue weighted by molar-refractivity contribution is 5.99. The van der Waals surface area contributed by atoms with Gasteiger partial charge in [0.1, 0.15) is 24.0 Å².